The summed E-state index contributed by atoms with van der Waals surface area (Å²) >= 11 is 0. The molecule has 1 aromatic heterocycles. The van der Waals surface area contributed by atoms with Crippen LogP contribution in [0.3, 0.4) is 0 Å². The normalized spacial score (nSPS) is 16.6. The summed E-state index contributed by atoms with van der Waals surface area (Å²) in [6.07, 6.45) is 2.69. The Morgan fingerprint density at radius 1 is 0.918 bits per heavy atom. The Bertz CT molecular complexity index is 1620. The van der Waals surface area contributed by atoms with Crippen LogP contribution >= 0.6 is 0 Å². The number of methoxy groups -OCH3 is 2. The van der Waals surface area contributed by atoms with Crippen LogP contribution in [-0.2, 0) is 38.6 Å². The van der Waals surface area contributed by atoms with Gasteiger partial charge >= 0.3 is 6.09 Å². The molecule has 0 aliphatic carbocycles. The highest BCUT2D eigenvalue weighted by atomic mass is 16.6. The van der Waals surface area contributed by atoms with E-state index in [4.69, 9.17) is 33.4 Å². The number of H-pyrrole nitrogens is 1. The third-order valence-electron chi connectivity index (χ3n) is 8.53. The van der Waals surface area contributed by atoms with Crippen molar-refractivity contribution in [1.82, 2.24) is 14.9 Å². The van der Waals surface area contributed by atoms with Gasteiger partial charge in [0, 0.05) is 50.1 Å². The SMILES string of the molecule is COCCCc1nc2c(COC3CN(C(=O)OC(C)(C)C)CCC3c3ccc(OCCCOCc4ccccc4OC)cc3)cccc2[nH]1. The monoisotopic (exact) mass is 673 g/mol. The number of aryl methyl sites for hydroxylation is 1. The molecule has 5 rings (SSSR count). The molecule has 2 heterocycles. The molecule has 1 N–H and O–H groups in total. The Labute approximate surface area is 290 Å². The lowest BCUT2D eigenvalue weighted by Gasteiger charge is -2.39. The number of hydrogen-bond acceptors (Lipinski definition) is 8. The predicted molar refractivity (Wildman–Crippen MR) is 189 cm³/mol. The molecule has 1 fully saturated rings. The summed E-state index contributed by atoms with van der Waals surface area (Å²) in [5, 5.41) is 0. The second-order valence-electron chi connectivity index (χ2n) is 13.4. The van der Waals surface area contributed by atoms with E-state index in [2.05, 4.69) is 23.2 Å². The summed E-state index contributed by atoms with van der Waals surface area (Å²) in [5.74, 6) is 2.68. The first-order valence-corrected chi connectivity index (χ1v) is 17.2. The van der Waals surface area contributed by atoms with Gasteiger partial charge in [0.1, 0.15) is 22.9 Å². The highest BCUT2D eigenvalue weighted by molar-refractivity contribution is 5.78. The molecule has 0 radical (unpaired) electrons. The second kappa shape index (κ2) is 17.5. The lowest BCUT2D eigenvalue weighted by atomic mass is 9.87. The molecule has 1 saturated heterocycles. The third kappa shape index (κ3) is 10.4. The standard InChI is InChI=1S/C39H51N3O7/c1-39(2,3)49-38(43)42-21-20-32(35(25-42)48-27-30-12-8-13-33-37(30)41-36(40-33)15-9-22-44-4)28-16-18-31(19-17-28)47-24-10-23-46-26-29-11-6-7-14-34(29)45-5/h6-8,11-14,16-19,32,35H,9-10,15,20-27H2,1-5H3,(H,40,41). The van der Waals surface area contributed by atoms with E-state index in [9.17, 15) is 4.79 Å². The second-order valence-corrected chi connectivity index (χ2v) is 13.4. The molecule has 2 atom stereocenters. The van der Waals surface area contributed by atoms with Gasteiger partial charge in [-0.1, -0.05) is 42.5 Å². The number of para-hydroxylation sites is 2. The molecule has 0 saturated carbocycles. The quantitative estimate of drug-likeness (QED) is 0.122. The molecular weight excluding hydrogens is 622 g/mol. The molecule has 10 heteroatoms. The number of ether oxygens (including phenoxy) is 6. The maximum absolute atomic E-state index is 13.1. The van der Waals surface area contributed by atoms with Gasteiger partial charge in [0.25, 0.3) is 0 Å². The first-order chi connectivity index (χ1) is 23.7. The summed E-state index contributed by atoms with van der Waals surface area (Å²) in [6, 6.07) is 22.2. The minimum absolute atomic E-state index is 0.0964. The van der Waals surface area contributed by atoms with E-state index in [1.54, 1.807) is 19.1 Å². The summed E-state index contributed by atoms with van der Waals surface area (Å²) in [4.78, 5) is 23.1. The van der Waals surface area contributed by atoms with Gasteiger partial charge in [-0.25, -0.2) is 9.78 Å². The van der Waals surface area contributed by atoms with Crippen LogP contribution < -0.4 is 9.47 Å². The average Bonchev–Trinajstić information content (AvgIpc) is 3.52. The Morgan fingerprint density at radius 3 is 2.49 bits per heavy atom. The molecule has 1 amide bonds. The third-order valence-corrected chi connectivity index (χ3v) is 8.53. The number of nitrogens with one attached hydrogen (secondary N) is 1. The number of rotatable bonds is 16. The van der Waals surface area contributed by atoms with E-state index in [0.717, 1.165) is 70.7 Å². The van der Waals surface area contributed by atoms with Gasteiger partial charge in [0.2, 0.25) is 0 Å². The Morgan fingerprint density at radius 2 is 1.71 bits per heavy atom. The van der Waals surface area contributed by atoms with Crippen molar-refractivity contribution in [2.75, 3.05) is 47.1 Å². The number of carbonyl (C=O) groups excluding carboxylic acids is 1. The first-order valence-electron chi connectivity index (χ1n) is 17.2. The van der Waals surface area contributed by atoms with E-state index in [0.29, 0.717) is 46.1 Å². The zero-order chi connectivity index (χ0) is 34.6. The van der Waals surface area contributed by atoms with Gasteiger partial charge in [0.05, 0.1) is 57.2 Å². The largest absolute Gasteiger partial charge is 0.496 e. The Kier molecular flexibility index (Phi) is 12.9. The molecule has 0 bridgehead atoms. The van der Waals surface area contributed by atoms with Crippen LogP contribution in [0.4, 0.5) is 4.79 Å². The molecule has 2 unspecified atom stereocenters. The highest BCUT2D eigenvalue weighted by Gasteiger charge is 2.35. The van der Waals surface area contributed by atoms with Gasteiger partial charge in [-0.3, -0.25) is 0 Å². The van der Waals surface area contributed by atoms with E-state index in [1.807, 2.05) is 69.3 Å². The van der Waals surface area contributed by atoms with Crippen LogP contribution in [0, 0.1) is 0 Å². The predicted octanol–water partition coefficient (Wildman–Crippen LogP) is 7.45. The first kappa shape index (κ1) is 36.2. The number of hydrogen-bond donors (Lipinski definition) is 1. The van der Waals surface area contributed by atoms with Crippen molar-refractivity contribution < 1.29 is 33.2 Å². The fourth-order valence-electron chi connectivity index (χ4n) is 6.08. The molecule has 3 aromatic carbocycles. The zero-order valence-corrected chi connectivity index (χ0v) is 29.5. The molecule has 0 spiro atoms. The van der Waals surface area contributed by atoms with Crippen molar-refractivity contribution in [1.29, 1.82) is 0 Å². The maximum Gasteiger partial charge on any atom is 0.410 e. The van der Waals surface area contributed by atoms with Crippen molar-refractivity contribution in [3.05, 3.63) is 89.2 Å². The smallest absolute Gasteiger partial charge is 0.410 e. The number of nitrogens with zero attached hydrogens (tertiary/aromatic N) is 2. The van der Waals surface area contributed by atoms with Crippen molar-refractivity contribution >= 4 is 17.1 Å². The van der Waals surface area contributed by atoms with E-state index in [1.165, 1.54) is 0 Å². The van der Waals surface area contributed by atoms with E-state index in [-0.39, 0.29) is 18.1 Å². The zero-order valence-electron chi connectivity index (χ0n) is 29.5. The van der Waals surface area contributed by atoms with Gasteiger partial charge in [-0.05, 0) is 63.4 Å². The van der Waals surface area contributed by atoms with Crippen molar-refractivity contribution in [3.63, 3.8) is 0 Å². The number of aromatic nitrogens is 2. The van der Waals surface area contributed by atoms with Crippen LogP contribution in [0.15, 0.2) is 66.7 Å². The summed E-state index contributed by atoms with van der Waals surface area (Å²) in [6.45, 7) is 9.40. The van der Waals surface area contributed by atoms with E-state index < -0.39 is 5.60 Å². The lowest BCUT2D eigenvalue weighted by molar-refractivity contribution is -0.0357. The molecular formula is C39H51N3O7. The highest BCUT2D eigenvalue weighted by Crippen LogP contribution is 2.33. The Hall–Kier alpha value is -4.12. The van der Waals surface area contributed by atoms with Gasteiger partial charge < -0.3 is 38.3 Å². The van der Waals surface area contributed by atoms with Crippen molar-refractivity contribution in [3.8, 4) is 11.5 Å². The minimum atomic E-state index is -0.571. The molecule has 1 aliphatic rings. The number of piperidine rings is 1. The topological polar surface area (TPSA) is 104 Å². The van der Waals surface area contributed by atoms with Crippen LogP contribution in [0.5, 0.6) is 11.5 Å². The molecule has 10 nitrogen and oxygen atoms in total. The number of likely N-dealkylation sites (tertiary alicyclic amines) is 1. The molecule has 1 aliphatic heterocycles. The number of benzene rings is 3. The van der Waals surface area contributed by atoms with Crippen LogP contribution in [0.1, 0.15) is 68.5 Å². The molecule has 49 heavy (non-hydrogen) atoms. The maximum atomic E-state index is 13.1. The number of fused-ring (bicyclic) bond motifs is 1. The molecule has 264 valence electrons. The van der Waals surface area contributed by atoms with Gasteiger partial charge in [0.15, 0.2) is 0 Å². The average molecular weight is 674 g/mol. The van der Waals surface area contributed by atoms with E-state index >= 15 is 0 Å². The van der Waals surface area contributed by atoms with Gasteiger partial charge in [-0.2, -0.15) is 0 Å². The molecule has 4 aromatic rings. The summed E-state index contributed by atoms with van der Waals surface area (Å²) in [5.41, 5.74) is 4.52. The Balaban J connectivity index is 1.20. The minimum Gasteiger partial charge on any atom is -0.496 e. The summed E-state index contributed by atoms with van der Waals surface area (Å²) in [7, 11) is 3.38. The number of aromatic amines is 1. The van der Waals surface area contributed by atoms with Crippen molar-refractivity contribution in [2.45, 2.75) is 77.3 Å². The van der Waals surface area contributed by atoms with Crippen LogP contribution in [0.2, 0.25) is 0 Å². The van der Waals surface area contributed by atoms with Crippen LogP contribution in [-0.4, -0.2) is 79.8 Å². The van der Waals surface area contributed by atoms with Gasteiger partial charge in [-0.15, -0.1) is 0 Å². The fraction of sp³-hybridized carbons (Fsp3) is 0.487. The lowest BCUT2D eigenvalue weighted by Crippen LogP contribution is -2.48. The number of carbonyl (C=O) groups is 1. The summed E-state index contributed by atoms with van der Waals surface area (Å²) < 4.78 is 34.9. The number of amides is 1. The van der Waals surface area contributed by atoms with Crippen LogP contribution in [0.25, 0.3) is 11.0 Å². The fourth-order valence-corrected chi connectivity index (χ4v) is 6.08. The van der Waals surface area contributed by atoms with Crippen molar-refractivity contribution in [2.24, 2.45) is 0 Å². The number of imidazole rings is 1.